The summed E-state index contributed by atoms with van der Waals surface area (Å²) in [7, 11) is 0. The molecule has 7 heteroatoms. The number of primary amides is 1. The number of carbonyl (C=O) groups is 3. The molecule has 1 aromatic rings. The molecule has 0 spiro atoms. The van der Waals surface area contributed by atoms with E-state index in [9.17, 15) is 14.4 Å². The predicted octanol–water partition coefficient (Wildman–Crippen LogP) is 1.44. The molecule has 6 nitrogen and oxygen atoms in total. The maximum Gasteiger partial charge on any atom is 0.318 e. The van der Waals surface area contributed by atoms with Crippen molar-refractivity contribution < 1.29 is 19.1 Å². The van der Waals surface area contributed by atoms with E-state index in [1.54, 1.807) is 25.2 Å². The van der Waals surface area contributed by atoms with Crippen molar-refractivity contribution in [3.8, 4) is 0 Å². The maximum atomic E-state index is 11.7. The van der Waals surface area contributed by atoms with Gasteiger partial charge in [0, 0.05) is 6.42 Å². The minimum Gasteiger partial charge on any atom is -0.452 e. The van der Waals surface area contributed by atoms with Crippen LogP contribution in [0.4, 0.5) is 4.79 Å². The van der Waals surface area contributed by atoms with Crippen LogP contribution in [0.3, 0.4) is 0 Å². The van der Waals surface area contributed by atoms with E-state index in [1.807, 2.05) is 22.1 Å². The van der Waals surface area contributed by atoms with Crippen LogP contribution in [-0.4, -0.2) is 24.0 Å². The zero-order chi connectivity index (χ0) is 15.1. The van der Waals surface area contributed by atoms with E-state index in [0.717, 1.165) is 5.56 Å². The van der Waals surface area contributed by atoms with Crippen molar-refractivity contribution in [1.82, 2.24) is 5.32 Å². The van der Waals surface area contributed by atoms with Crippen molar-refractivity contribution in [2.45, 2.75) is 32.8 Å². The molecule has 3 amide bonds. The molecule has 0 aromatic carbocycles. The number of hydrogen-bond donors (Lipinski definition) is 2. The van der Waals surface area contributed by atoms with Gasteiger partial charge in [0.1, 0.15) is 0 Å². The fourth-order valence-electron chi connectivity index (χ4n) is 1.57. The summed E-state index contributed by atoms with van der Waals surface area (Å²) >= 11 is 1.55. The number of hydrogen-bond acceptors (Lipinski definition) is 5. The average Bonchev–Trinajstić information content (AvgIpc) is 2.85. The first kappa shape index (κ1) is 16.2. The van der Waals surface area contributed by atoms with Gasteiger partial charge in [0.05, 0.1) is 0 Å². The number of carbonyl (C=O) groups excluding carboxylic acids is 3. The van der Waals surface area contributed by atoms with Crippen LogP contribution < -0.4 is 11.1 Å². The second-order valence-corrected chi connectivity index (χ2v) is 5.42. The molecule has 0 fully saturated rings. The lowest BCUT2D eigenvalue weighted by molar-refractivity contribution is -0.158. The minimum absolute atomic E-state index is 0.184. The number of ether oxygens (including phenoxy) is 1. The molecule has 0 saturated heterocycles. The van der Waals surface area contributed by atoms with Gasteiger partial charge < -0.3 is 10.5 Å². The topological polar surface area (TPSA) is 98.5 Å². The third-order valence-corrected chi connectivity index (χ3v) is 3.30. The van der Waals surface area contributed by atoms with Crippen molar-refractivity contribution >= 4 is 29.2 Å². The van der Waals surface area contributed by atoms with Gasteiger partial charge in [-0.2, -0.15) is 11.3 Å². The van der Waals surface area contributed by atoms with E-state index in [2.05, 4.69) is 0 Å². The summed E-state index contributed by atoms with van der Waals surface area (Å²) in [6.07, 6.45) is -0.272. The number of nitrogens with two attached hydrogens (primary N) is 1. The van der Waals surface area contributed by atoms with Crippen molar-refractivity contribution in [3.63, 3.8) is 0 Å². The fourth-order valence-corrected chi connectivity index (χ4v) is 2.27. The van der Waals surface area contributed by atoms with Crippen LogP contribution in [0.15, 0.2) is 16.8 Å². The highest BCUT2D eigenvalue weighted by atomic mass is 32.1. The van der Waals surface area contributed by atoms with E-state index >= 15 is 0 Å². The van der Waals surface area contributed by atoms with Crippen LogP contribution in [0.5, 0.6) is 0 Å². The van der Waals surface area contributed by atoms with Gasteiger partial charge >= 0.3 is 12.0 Å². The van der Waals surface area contributed by atoms with Crippen LogP contribution >= 0.6 is 11.3 Å². The Morgan fingerprint density at radius 3 is 2.60 bits per heavy atom. The van der Waals surface area contributed by atoms with E-state index in [-0.39, 0.29) is 12.3 Å². The molecule has 0 aliphatic carbocycles. The lowest BCUT2D eigenvalue weighted by Gasteiger charge is -2.19. The second kappa shape index (κ2) is 7.64. The molecule has 0 bridgehead atoms. The highest BCUT2D eigenvalue weighted by Crippen LogP contribution is 2.12. The number of nitrogens with one attached hydrogen (secondary N) is 1. The quantitative estimate of drug-likeness (QED) is 0.776. The third-order valence-electron chi connectivity index (χ3n) is 2.57. The first-order valence-electron chi connectivity index (χ1n) is 6.21. The lowest BCUT2D eigenvalue weighted by atomic mass is 10.1. The Bertz CT molecular complexity index is 471. The van der Waals surface area contributed by atoms with Gasteiger partial charge in [0.2, 0.25) is 0 Å². The Hall–Kier alpha value is -1.89. The SMILES string of the molecule is CC(C)[C@@H](OC(=O)CCc1ccsc1)C(=O)NC(N)=O. The molecular formula is C13H18N2O4S. The fraction of sp³-hybridized carbons (Fsp3) is 0.462. The van der Waals surface area contributed by atoms with E-state index in [4.69, 9.17) is 10.5 Å². The van der Waals surface area contributed by atoms with E-state index in [1.165, 1.54) is 0 Å². The molecule has 1 heterocycles. The minimum atomic E-state index is -1.02. The molecule has 110 valence electrons. The summed E-state index contributed by atoms with van der Waals surface area (Å²) in [5.41, 5.74) is 5.93. The molecule has 1 rings (SSSR count). The molecule has 0 aliphatic rings. The third kappa shape index (κ3) is 5.40. The molecule has 0 radical (unpaired) electrons. The number of esters is 1. The Balaban J connectivity index is 2.50. The first-order chi connectivity index (χ1) is 9.40. The maximum absolute atomic E-state index is 11.7. The largest absolute Gasteiger partial charge is 0.452 e. The first-order valence-corrected chi connectivity index (χ1v) is 7.15. The van der Waals surface area contributed by atoms with Gasteiger partial charge in [-0.05, 0) is 34.7 Å². The number of aryl methyl sites for hydroxylation is 1. The smallest absolute Gasteiger partial charge is 0.318 e. The van der Waals surface area contributed by atoms with Crippen LogP contribution in [0.25, 0.3) is 0 Å². The van der Waals surface area contributed by atoms with Crippen LogP contribution in [0, 0.1) is 5.92 Å². The van der Waals surface area contributed by atoms with Crippen molar-refractivity contribution in [2.75, 3.05) is 0 Å². The monoisotopic (exact) mass is 298 g/mol. The summed E-state index contributed by atoms with van der Waals surface area (Å²) in [5.74, 6) is -1.43. The van der Waals surface area contributed by atoms with E-state index < -0.39 is 24.0 Å². The number of thiophene rings is 1. The summed E-state index contributed by atoms with van der Waals surface area (Å²) in [4.78, 5) is 34.1. The molecule has 0 unspecified atom stereocenters. The van der Waals surface area contributed by atoms with Gasteiger partial charge in [-0.1, -0.05) is 13.8 Å². The van der Waals surface area contributed by atoms with Crippen molar-refractivity contribution in [1.29, 1.82) is 0 Å². The zero-order valence-electron chi connectivity index (χ0n) is 11.4. The second-order valence-electron chi connectivity index (χ2n) is 4.64. The van der Waals surface area contributed by atoms with Crippen molar-refractivity contribution in [2.24, 2.45) is 11.7 Å². The average molecular weight is 298 g/mol. The summed E-state index contributed by atoms with van der Waals surface area (Å²) < 4.78 is 5.12. The molecule has 0 saturated carbocycles. The molecule has 20 heavy (non-hydrogen) atoms. The summed E-state index contributed by atoms with van der Waals surface area (Å²) in [6.45, 7) is 3.44. The van der Waals surface area contributed by atoms with Gasteiger partial charge in [0.25, 0.3) is 5.91 Å². The van der Waals surface area contributed by atoms with Crippen molar-refractivity contribution in [3.05, 3.63) is 22.4 Å². The number of rotatable bonds is 6. The molecule has 1 atom stereocenters. The molecule has 3 N–H and O–H groups in total. The summed E-state index contributed by atoms with van der Waals surface area (Å²) in [5, 5.41) is 5.80. The number of imide groups is 1. The number of amides is 3. The summed E-state index contributed by atoms with van der Waals surface area (Å²) in [6, 6.07) is 0.965. The highest BCUT2D eigenvalue weighted by Gasteiger charge is 2.27. The Morgan fingerprint density at radius 1 is 1.40 bits per heavy atom. The van der Waals surface area contributed by atoms with Crippen LogP contribution in [0.1, 0.15) is 25.8 Å². The standard InChI is InChI=1S/C13H18N2O4S/c1-8(2)11(12(17)15-13(14)18)19-10(16)4-3-9-5-6-20-7-9/h5-8,11H,3-4H2,1-2H3,(H3,14,15,17,18)/t11-/m1/s1. The van der Waals surface area contributed by atoms with E-state index in [0.29, 0.717) is 6.42 Å². The Kier molecular flexibility index (Phi) is 6.17. The molecule has 1 aromatic heterocycles. The van der Waals surface area contributed by atoms with Gasteiger partial charge in [-0.3, -0.25) is 14.9 Å². The van der Waals surface area contributed by atoms with Gasteiger partial charge in [-0.25, -0.2) is 4.79 Å². The molecule has 0 aliphatic heterocycles. The van der Waals surface area contributed by atoms with Gasteiger partial charge in [0.15, 0.2) is 6.10 Å². The molecular weight excluding hydrogens is 280 g/mol. The highest BCUT2D eigenvalue weighted by molar-refractivity contribution is 7.07. The Morgan fingerprint density at radius 2 is 2.10 bits per heavy atom. The zero-order valence-corrected chi connectivity index (χ0v) is 12.2. The van der Waals surface area contributed by atoms with Gasteiger partial charge in [-0.15, -0.1) is 0 Å². The number of urea groups is 1. The normalized spacial score (nSPS) is 11.9. The predicted molar refractivity (Wildman–Crippen MR) is 75.1 cm³/mol. The van der Waals surface area contributed by atoms with Crippen LogP contribution in [-0.2, 0) is 20.7 Å². The lowest BCUT2D eigenvalue weighted by Crippen LogP contribution is -2.45. The Labute approximate surface area is 121 Å². The van der Waals surface area contributed by atoms with Crippen LogP contribution in [0.2, 0.25) is 0 Å².